The lowest BCUT2D eigenvalue weighted by Gasteiger charge is -2.11. The number of hydrogen-bond donors (Lipinski definition) is 2. The van der Waals surface area contributed by atoms with Crippen LogP contribution in [0.15, 0.2) is 42.5 Å². The molecule has 0 atom stereocenters. The lowest BCUT2D eigenvalue weighted by Crippen LogP contribution is -2.20. The van der Waals surface area contributed by atoms with Gasteiger partial charge in [-0.2, -0.15) is 0 Å². The molecule has 34 heavy (non-hydrogen) atoms. The van der Waals surface area contributed by atoms with Gasteiger partial charge >= 0.3 is 11.9 Å². The number of carboxylic acid groups (broad SMARTS) is 2. The number of methoxy groups -OCH3 is 1. The molecule has 8 nitrogen and oxygen atoms in total. The van der Waals surface area contributed by atoms with Crippen molar-refractivity contribution in [3.05, 3.63) is 64.5 Å². The first-order valence-electron chi connectivity index (χ1n) is 11.2. The van der Waals surface area contributed by atoms with Crippen molar-refractivity contribution < 1.29 is 29.3 Å². The highest BCUT2D eigenvalue weighted by Crippen LogP contribution is 2.33. The number of benzene rings is 1. The molecular weight excluding hydrogens is 436 g/mol. The molecule has 0 fully saturated rings. The number of aryl methyl sites for hydroxylation is 2. The first kappa shape index (κ1) is 23.1. The molecule has 0 aliphatic heterocycles. The summed E-state index contributed by atoms with van der Waals surface area (Å²) in [6, 6.07) is 13.5. The minimum atomic E-state index is -0.883. The van der Waals surface area contributed by atoms with Gasteiger partial charge in [0.2, 0.25) is 0 Å². The molecule has 0 saturated carbocycles. The van der Waals surface area contributed by atoms with Gasteiger partial charge in [0, 0.05) is 12.8 Å². The topological polar surface area (TPSA) is 110 Å². The molecule has 8 heteroatoms. The summed E-state index contributed by atoms with van der Waals surface area (Å²) in [5.74, 6) is 0.972. The fourth-order valence-corrected chi connectivity index (χ4v) is 4.72. The van der Waals surface area contributed by atoms with Gasteiger partial charge in [-0.25, -0.2) is 4.79 Å². The van der Waals surface area contributed by atoms with E-state index in [0.29, 0.717) is 54.5 Å². The van der Waals surface area contributed by atoms with E-state index in [1.54, 1.807) is 7.11 Å². The highest BCUT2D eigenvalue weighted by molar-refractivity contribution is 5.85. The minimum absolute atomic E-state index is 0.00421. The second-order valence-corrected chi connectivity index (χ2v) is 8.27. The van der Waals surface area contributed by atoms with Crippen molar-refractivity contribution in [1.29, 1.82) is 0 Å². The summed E-state index contributed by atoms with van der Waals surface area (Å²) in [5.41, 5.74) is 5.08. The number of carbonyl (C=O) groups excluding carboxylic acids is 1. The fraction of sp³-hybridized carbons (Fsp3) is 0.308. The first-order valence-corrected chi connectivity index (χ1v) is 11.2. The predicted octanol–water partition coefficient (Wildman–Crippen LogP) is 2.99. The third-order valence-corrected chi connectivity index (χ3v) is 6.13. The van der Waals surface area contributed by atoms with Crippen LogP contribution in [0.2, 0.25) is 0 Å². The van der Waals surface area contributed by atoms with Gasteiger partial charge in [-0.15, -0.1) is 0 Å². The van der Waals surface area contributed by atoms with Gasteiger partial charge in [-0.05, 0) is 54.5 Å². The third-order valence-electron chi connectivity index (χ3n) is 6.13. The number of nitrogens with zero attached hydrogens (tertiary/aromatic N) is 2. The normalized spacial score (nSPS) is 11.2. The van der Waals surface area contributed by atoms with Crippen LogP contribution in [0.25, 0.3) is 16.7 Å². The molecule has 3 aromatic heterocycles. The molecule has 0 spiro atoms. The van der Waals surface area contributed by atoms with Crippen molar-refractivity contribution in [2.75, 3.05) is 7.11 Å². The molecule has 0 bridgehead atoms. The number of hydrogen-bond acceptors (Lipinski definition) is 4. The lowest BCUT2D eigenvalue weighted by molar-refractivity contribution is -0.138. The van der Waals surface area contributed by atoms with E-state index in [0.717, 1.165) is 22.2 Å². The maximum Gasteiger partial charge on any atom is 0.303 e. The Morgan fingerprint density at radius 1 is 0.941 bits per heavy atom. The summed E-state index contributed by atoms with van der Waals surface area (Å²) < 4.78 is 9.51. The average molecular weight is 463 g/mol. The maximum atomic E-state index is 12.3. The molecule has 3 heterocycles. The van der Waals surface area contributed by atoms with Crippen molar-refractivity contribution in [3.8, 4) is 5.75 Å². The lowest BCUT2D eigenvalue weighted by atomic mass is 9.99. The molecule has 0 radical (unpaired) electrons. The Bertz CT molecular complexity index is 1430. The SMILES string of the molecule is COc1ccc2c(CCCC(=O)O)c(CCCC(=O)O)c3c(=C=O)n(Cc4ccccc4)c1n23. The van der Waals surface area contributed by atoms with Gasteiger partial charge in [0.1, 0.15) is 0 Å². The molecule has 4 aromatic rings. The number of aromatic nitrogens is 2. The summed E-state index contributed by atoms with van der Waals surface area (Å²) in [6.07, 6.45) is 1.84. The average Bonchev–Trinajstić information content (AvgIpc) is 3.29. The van der Waals surface area contributed by atoms with Crippen molar-refractivity contribution >= 4 is 34.6 Å². The van der Waals surface area contributed by atoms with Crippen LogP contribution in [-0.4, -0.2) is 44.2 Å². The summed E-state index contributed by atoms with van der Waals surface area (Å²) in [5, 5.41) is 18.6. The fourth-order valence-electron chi connectivity index (χ4n) is 4.72. The van der Waals surface area contributed by atoms with Crippen LogP contribution in [0, 0.1) is 0 Å². The number of pyridine rings is 1. The van der Waals surface area contributed by atoms with Gasteiger partial charge in [0.05, 0.1) is 24.7 Å². The quantitative estimate of drug-likeness (QED) is 0.355. The van der Waals surface area contributed by atoms with Crippen LogP contribution in [0.5, 0.6) is 5.75 Å². The van der Waals surface area contributed by atoms with Crippen LogP contribution >= 0.6 is 0 Å². The zero-order chi connectivity index (χ0) is 24.2. The Kier molecular flexibility index (Phi) is 6.70. The smallest absolute Gasteiger partial charge is 0.303 e. The van der Waals surface area contributed by atoms with Gasteiger partial charge in [-0.3, -0.25) is 14.0 Å². The third kappa shape index (κ3) is 4.28. The van der Waals surface area contributed by atoms with Crippen LogP contribution < -0.4 is 10.1 Å². The van der Waals surface area contributed by atoms with Crippen molar-refractivity contribution in [3.63, 3.8) is 0 Å². The van der Waals surface area contributed by atoms with Crippen molar-refractivity contribution in [1.82, 2.24) is 8.97 Å². The molecule has 4 rings (SSSR count). The monoisotopic (exact) mass is 462 g/mol. The second kappa shape index (κ2) is 9.85. The Morgan fingerprint density at radius 3 is 2.18 bits per heavy atom. The molecule has 2 N–H and O–H groups in total. The highest BCUT2D eigenvalue weighted by atomic mass is 16.5. The molecule has 1 aromatic carbocycles. The van der Waals surface area contributed by atoms with E-state index in [1.165, 1.54) is 0 Å². The summed E-state index contributed by atoms with van der Waals surface area (Å²) in [4.78, 5) is 34.6. The summed E-state index contributed by atoms with van der Waals surface area (Å²) in [7, 11) is 1.58. The van der Waals surface area contributed by atoms with Crippen LogP contribution in [0.1, 0.15) is 42.4 Å². The Morgan fingerprint density at radius 2 is 1.59 bits per heavy atom. The molecule has 0 aliphatic rings. The molecule has 176 valence electrons. The summed E-state index contributed by atoms with van der Waals surface area (Å²) >= 11 is 0. The van der Waals surface area contributed by atoms with Crippen LogP contribution in [0.3, 0.4) is 0 Å². The largest absolute Gasteiger partial charge is 0.493 e. The molecule has 0 aliphatic carbocycles. The summed E-state index contributed by atoms with van der Waals surface area (Å²) in [6.45, 7) is 0.436. The maximum absolute atomic E-state index is 12.3. The van der Waals surface area contributed by atoms with E-state index in [1.807, 2.05) is 51.4 Å². The van der Waals surface area contributed by atoms with E-state index in [4.69, 9.17) is 14.9 Å². The minimum Gasteiger partial charge on any atom is -0.493 e. The van der Waals surface area contributed by atoms with Gasteiger partial charge in [-0.1, -0.05) is 30.3 Å². The highest BCUT2D eigenvalue weighted by Gasteiger charge is 2.25. The molecule has 0 unspecified atom stereocenters. The number of rotatable bonds is 11. The van der Waals surface area contributed by atoms with E-state index in [-0.39, 0.29) is 12.8 Å². The van der Waals surface area contributed by atoms with E-state index in [9.17, 15) is 14.4 Å². The van der Waals surface area contributed by atoms with Crippen LogP contribution in [0.4, 0.5) is 0 Å². The number of imidazole rings is 1. The Balaban J connectivity index is 1.97. The zero-order valence-corrected chi connectivity index (χ0v) is 18.9. The predicted molar refractivity (Wildman–Crippen MR) is 126 cm³/mol. The first-order chi connectivity index (χ1) is 16.5. The van der Waals surface area contributed by atoms with E-state index >= 15 is 0 Å². The van der Waals surface area contributed by atoms with Gasteiger partial charge in [0.25, 0.3) is 0 Å². The second-order valence-electron chi connectivity index (χ2n) is 8.27. The van der Waals surface area contributed by atoms with Gasteiger partial charge < -0.3 is 19.5 Å². The molecule has 0 saturated heterocycles. The Labute approximate surface area is 195 Å². The standard InChI is InChI=1S/C26H26N2O6/c1-34-22-14-13-20-18(9-5-11-23(30)31)19(10-6-12-24(32)33)25-21(16-29)27(26(22)28(20)25)15-17-7-3-2-4-8-17/h2-4,7-8,13-14H,5-6,9-12,15H2,1H3,(H,30,31)(H,32,33). The van der Waals surface area contributed by atoms with Crippen molar-refractivity contribution in [2.24, 2.45) is 0 Å². The number of carbonyl (C=O) groups is 2. The van der Waals surface area contributed by atoms with Crippen LogP contribution in [-0.2, 0) is 33.8 Å². The number of carboxylic acids is 2. The van der Waals surface area contributed by atoms with Crippen molar-refractivity contribution in [2.45, 2.75) is 45.1 Å². The molecular formula is C26H26N2O6. The number of aliphatic carboxylic acids is 2. The number of ether oxygens (including phenoxy) is 1. The Hall–Kier alpha value is -4.03. The molecule has 0 amide bonds. The van der Waals surface area contributed by atoms with E-state index < -0.39 is 11.9 Å². The van der Waals surface area contributed by atoms with E-state index in [2.05, 4.69) is 5.94 Å². The van der Waals surface area contributed by atoms with Gasteiger partial charge in [0.15, 0.2) is 22.7 Å². The zero-order valence-electron chi connectivity index (χ0n) is 18.9.